The smallest absolute Gasteiger partial charge is 0.234 e. The Balaban J connectivity index is 0.00000320. The van der Waals surface area contributed by atoms with Gasteiger partial charge in [0.05, 0.1) is 6.54 Å². The average molecular weight is 528 g/mol. The van der Waals surface area contributed by atoms with Gasteiger partial charge < -0.3 is 15.5 Å². The summed E-state index contributed by atoms with van der Waals surface area (Å²) in [4.78, 5) is 21.2. The quantitative estimate of drug-likeness (QED) is 0.317. The zero-order valence-electron chi connectivity index (χ0n) is 18.0. The summed E-state index contributed by atoms with van der Waals surface area (Å²) in [7, 11) is 0. The van der Waals surface area contributed by atoms with Crippen molar-refractivity contribution < 1.29 is 4.79 Å². The molecule has 1 amide bonds. The second-order valence-corrected chi connectivity index (χ2v) is 7.52. The van der Waals surface area contributed by atoms with Crippen LogP contribution in [0.25, 0.3) is 5.65 Å². The molecular formula is C20H33IN8O. The van der Waals surface area contributed by atoms with E-state index in [2.05, 4.69) is 37.6 Å². The molecule has 0 saturated carbocycles. The average Bonchev–Trinajstić information content (AvgIpc) is 3.10. The van der Waals surface area contributed by atoms with Gasteiger partial charge in [0.15, 0.2) is 11.6 Å². The number of fused-ring (bicyclic) bond motifs is 1. The number of rotatable bonds is 7. The van der Waals surface area contributed by atoms with Gasteiger partial charge in [0.2, 0.25) is 5.91 Å². The molecule has 2 N–H and O–H groups in total. The molecule has 1 fully saturated rings. The highest BCUT2D eigenvalue weighted by atomic mass is 127. The number of pyridine rings is 1. The number of aliphatic imine (C=N–C) groups is 1. The molecule has 9 nitrogen and oxygen atoms in total. The predicted octanol–water partition coefficient (Wildman–Crippen LogP) is 0.997. The SMILES string of the molecule is CCNC(=NCCc1nnc2ccccn12)N1CCN(CC(=O)NC(C)C)CC1.I. The monoisotopic (exact) mass is 528 g/mol. The lowest BCUT2D eigenvalue weighted by Crippen LogP contribution is -2.54. The maximum Gasteiger partial charge on any atom is 0.234 e. The number of nitrogens with zero attached hydrogens (tertiary/aromatic N) is 6. The van der Waals surface area contributed by atoms with E-state index in [9.17, 15) is 4.79 Å². The molecule has 30 heavy (non-hydrogen) atoms. The lowest BCUT2D eigenvalue weighted by atomic mass is 10.3. The van der Waals surface area contributed by atoms with Crippen molar-refractivity contribution in [1.29, 1.82) is 0 Å². The van der Waals surface area contributed by atoms with Crippen molar-refractivity contribution >= 4 is 41.5 Å². The number of aromatic nitrogens is 3. The number of carbonyl (C=O) groups is 1. The topological polar surface area (TPSA) is 90.2 Å². The Kier molecular flexibility index (Phi) is 9.76. The molecule has 0 unspecified atom stereocenters. The molecule has 0 radical (unpaired) electrons. The minimum absolute atomic E-state index is 0. The van der Waals surface area contributed by atoms with Crippen molar-refractivity contribution in [3.05, 3.63) is 30.2 Å². The highest BCUT2D eigenvalue weighted by molar-refractivity contribution is 14.0. The first-order chi connectivity index (χ1) is 14.1. The molecule has 0 aliphatic carbocycles. The summed E-state index contributed by atoms with van der Waals surface area (Å²) in [5.41, 5.74) is 0.857. The van der Waals surface area contributed by atoms with Crippen molar-refractivity contribution in [3.8, 4) is 0 Å². The van der Waals surface area contributed by atoms with Gasteiger partial charge in [0, 0.05) is 57.9 Å². The van der Waals surface area contributed by atoms with E-state index < -0.39 is 0 Å². The van der Waals surface area contributed by atoms with Crippen LogP contribution in [0, 0.1) is 0 Å². The summed E-state index contributed by atoms with van der Waals surface area (Å²) in [6.07, 6.45) is 2.71. The van der Waals surface area contributed by atoms with Crippen molar-refractivity contribution in [2.45, 2.75) is 33.2 Å². The summed E-state index contributed by atoms with van der Waals surface area (Å²) >= 11 is 0. The molecule has 3 rings (SSSR count). The molecular weight excluding hydrogens is 495 g/mol. The molecule has 2 aromatic heterocycles. The number of hydrogen-bond donors (Lipinski definition) is 2. The summed E-state index contributed by atoms with van der Waals surface area (Å²) in [6.45, 7) is 11.4. The molecule has 1 saturated heterocycles. The van der Waals surface area contributed by atoms with Crippen molar-refractivity contribution in [1.82, 2.24) is 35.0 Å². The molecule has 0 atom stereocenters. The van der Waals surface area contributed by atoms with Crippen molar-refractivity contribution in [2.24, 2.45) is 4.99 Å². The molecule has 2 aromatic rings. The maximum absolute atomic E-state index is 12.0. The van der Waals surface area contributed by atoms with E-state index in [0.29, 0.717) is 13.1 Å². The Labute approximate surface area is 195 Å². The van der Waals surface area contributed by atoms with Crippen LogP contribution < -0.4 is 10.6 Å². The van der Waals surface area contributed by atoms with E-state index in [1.807, 2.05) is 42.6 Å². The van der Waals surface area contributed by atoms with Crippen LogP contribution in [-0.4, -0.2) is 88.1 Å². The number of guanidine groups is 1. The first-order valence-corrected chi connectivity index (χ1v) is 10.4. The molecule has 0 spiro atoms. The highest BCUT2D eigenvalue weighted by Crippen LogP contribution is 2.05. The summed E-state index contributed by atoms with van der Waals surface area (Å²) in [5, 5.41) is 14.8. The molecule has 0 bridgehead atoms. The predicted molar refractivity (Wildman–Crippen MR) is 129 cm³/mol. The fourth-order valence-corrected chi connectivity index (χ4v) is 3.44. The molecule has 3 heterocycles. The van der Waals surface area contributed by atoms with Crippen LogP contribution in [-0.2, 0) is 11.2 Å². The van der Waals surface area contributed by atoms with Gasteiger partial charge in [-0.2, -0.15) is 0 Å². The van der Waals surface area contributed by atoms with E-state index in [4.69, 9.17) is 4.99 Å². The standard InChI is InChI=1S/C20H32N8O.HI/c1-4-21-20(22-9-8-18-25-24-17-7-5-6-10-28(17)18)27-13-11-26(12-14-27)15-19(29)23-16(2)3;/h5-7,10,16H,4,8-9,11-15H2,1-3H3,(H,21,22)(H,23,29);1H. The number of hydrogen-bond acceptors (Lipinski definition) is 5. The van der Waals surface area contributed by atoms with E-state index in [-0.39, 0.29) is 35.9 Å². The zero-order valence-corrected chi connectivity index (χ0v) is 20.4. The molecule has 10 heteroatoms. The third kappa shape index (κ3) is 6.79. The Bertz CT molecular complexity index is 829. The summed E-state index contributed by atoms with van der Waals surface area (Å²) in [5.74, 6) is 1.93. The van der Waals surface area contributed by atoms with E-state index in [1.165, 1.54) is 0 Å². The summed E-state index contributed by atoms with van der Waals surface area (Å²) < 4.78 is 2.00. The first kappa shape index (κ1) is 24.3. The van der Waals surface area contributed by atoms with Crippen LogP contribution in [0.3, 0.4) is 0 Å². The van der Waals surface area contributed by atoms with Crippen LogP contribution in [0.1, 0.15) is 26.6 Å². The fourth-order valence-electron chi connectivity index (χ4n) is 3.44. The fraction of sp³-hybridized carbons (Fsp3) is 0.600. The van der Waals surface area contributed by atoms with Crippen molar-refractivity contribution in [2.75, 3.05) is 45.8 Å². The van der Waals surface area contributed by atoms with Gasteiger partial charge in [-0.05, 0) is 32.9 Å². The number of piperazine rings is 1. The van der Waals surface area contributed by atoms with E-state index in [0.717, 1.165) is 56.6 Å². The van der Waals surface area contributed by atoms with Gasteiger partial charge >= 0.3 is 0 Å². The summed E-state index contributed by atoms with van der Waals surface area (Å²) in [6, 6.07) is 6.07. The highest BCUT2D eigenvalue weighted by Gasteiger charge is 2.21. The van der Waals surface area contributed by atoms with E-state index >= 15 is 0 Å². The maximum atomic E-state index is 12.0. The third-order valence-electron chi connectivity index (χ3n) is 4.80. The van der Waals surface area contributed by atoms with Gasteiger partial charge in [0.1, 0.15) is 5.82 Å². The Morgan fingerprint density at radius 2 is 1.97 bits per heavy atom. The molecule has 1 aliphatic rings. The Hall–Kier alpha value is -1.95. The van der Waals surface area contributed by atoms with Crippen LogP contribution >= 0.6 is 24.0 Å². The zero-order chi connectivity index (χ0) is 20.6. The van der Waals surface area contributed by atoms with Gasteiger partial charge in [0.25, 0.3) is 0 Å². The molecule has 0 aromatic carbocycles. The Morgan fingerprint density at radius 1 is 1.20 bits per heavy atom. The van der Waals surface area contributed by atoms with Crippen molar-refractivity contribution in [3.63, 3.8) is 0 Å². The minimum Gasteiger partial charge on any atom is -0.357 e. The lowest BCUT2D eigenvalue weighted by Gasteiger charge is -2.36. The second-order valence-electron chi connectivity index (χ2n) is 7.52. The minimum atomic E-state index is 0. The largest absolute Gasteiger partial charge is 0.357 e. The molecule has 1 aliphatic heterocycles. The third-order valence-corrected chi connectivity index (χ3v) is 4.80. The molecule has 166 valence electrons. The van der Waals surface area contributed by atoms with Gasteiger partial charge in [-0.25, -0.2) is 0 Å². The lowest BCUT2D eigenvalue weighted by molar-refractivity contribution is -0.123. The van der Waals surface area contributed by atoms with Gasteiger partial charge in [-0.15, -0.1) is 34.2 Å². The second kappa shape index (κ2) is 12.0. The van der Waals surface area contributed by atoms with Gasteiger partial charge in [-0.3, -0.25) is 19.1 Å². The van der Waals surface area contributed by atoms with Crippen LogP contribution in [0.15, 0.2) is 29.4 Å². The van der Waals surface area contributed by atoms with Crippen LogP contribution in [0.5, 0.6) is 0 Å². The number of nitrogens with one attached hydrogen (secondary N) is 2. The van der Waals surface area contributed by atoms with E-state index in [1.54, 1.807) is 0 Å². The number of halogens is 1. The van der Waals surface area contributed by atoms with Crippen LogP contribution in [0.4, 0.5) is 0 Å². The van der Waals surface area contributed by atoms with Gasteiger partial charge in [-0.1, -0.05) is 6.07 Å². The first-order valence-electron chi connectivity index (χ1n) is 10.4. The normalized spacial score (nSPS) is 15.3. The Morgan fingerprint density at radius 3 is 2.67 bits per heavy atom. The number of amides is 1. The number of carbonyl (C=O) groups excluding carboxylic acids is 1. The van der Waals surface area contributed by atoms with Crippen LogP contribution in [0.2, 0.25) is 0 Å².